The molecule has 1 aromatic rings. The summed E-state index contributed by atoms with van der Waals surface area (Å²) in [5, 5.41) is 9.53. The zero-order chi connectivity index (χ0) is 12.3. The highest BCUT2D eigenvalue weighted by Gasteiger charge is 2.27. The highest BCUT2D eigenvalue weighted by molar-refractivity contribution is 5.89. The molecule has 6 nitrogen and oxygen atoms in total. The molecule has 2 rings (SSSR count). The van der Waals surface area contributed by atoms with Gasteiger partial charge in [0.25, 0.3) is 0 Å². The van der Waals surface area contributed by atoms with Crippen molar-refractivity contribution in [2.75, 3.05) is 13.1 Å². The van der Waals surface area contributed by atoms with Gasteiger partial charge in [-0.05, 0) is 12.0 Å². The molecule has 0 aromatic carbocycles. The monoisotopic (exact) mass is 236 g/mol. The first-order valence-electron chi connectivity index (χ1n) is 5.67. The molecule has 17 heavy (non-hydrogen) atoms. The number of amides is 2. The SMILES string of the molecule is Cn1cc(CCNC(=O)C2CNC(=O)C2)cn1. The second-order valence-corrected chi connectivity index (χ2v) is 4.27. The minimum atomic E-state index is -0.212. The Kier molecular flexibility index (Phi) is 3.41. The van der Waals surface area contributed by atoms with Gasteiger partial charge in [0, 0.05) is 32.8 Å². The summed E-state index contributed by atoms with van der Waals surface area (Å²) < 4.78 is 1.73. The lowest BCUT2D eigenvalue weighted by atomic mass is 10.1. The van der Waals surface area contributed by atoms with E-state index in [-0.39, 0.29) is 17.7 Å². The molecule has 1 aliphatic heterocycles. The van der Waals surface area contributed by atoms with Gasteiger partial charge in [0.1, 0.15) is 0 Å². The number of nitrogens with one attached hydrogen (secondary N) is 2. The summed E-state index contributed by atoms with van der Waals surface area (Å²) >= 11 is 0. The zero-order valence-electron chi connectivity index (χ0n) is 9.77. The average Bonchev–Trinajstić information content (AvgIpc) is 2.88. The van der Waals surface area contributed by atoms with E-state index in [9.17, 15) is 9.59 Å². The van der Waals surface area contributed by atoms with E-state index in [1.807, 2.05) is 13.2 Å². The van der Waals surface area contributed by atoms with Crippen LogP contribution in [0.25, 0.3) is 0 Å². The second-order valence-electron chi connectivity index (χ2n) is 4.27. The molecule has 2 heterocycles. The molecule has 0 saturated carbocycles. The van der Waals surface area contributed by atoms with Crippen LogP contribution in [0.15, 0.2) is 12.4 Å². The van der Waals surface area contributed by atoms with Crippen molar-refractivity contribution in [3.63, 3.8) is 0 Å². The first kappa shape index (κ1) is 11.6. The van der Waals surface area contributed by atoms with Gasteiger partial charge in [-0.1, -0.05) is 0 Å². The van der Waals surface area contributed by atoms with Crippen LogP contribution in [0.1, 0.15) is 12.0 Å². The number of aromatic nitrogens is 2. The van der Waals surface area contributed by atoms with Crippen LogP contribution in [-0.4, -0.2) is 34.7 Å². The smallest absolute Gasteiger partial charge is 0.225 e. The Hall–Kier alpha value is -1.85. The van der Waals surface area contributed by atoms with Crippen molar-refractivity contribution in [3.05, 3.63) is 18.0 Å². The van der Waals surface area contributed by atoms with E-state index < -0.39 is 0 Å². The maximum absolute atomic E-state index is 11.7. The Bertz CT molecular complexity index is 427. The Morgan fingerprint density at radius 1 is 1.71 bits per heavy atom. The number of hydrogen-bond donors (Lipinski definition) is 2. The van der Waals surface area contributed by atoms with Gasteiger partial charge in [0.05, 0.1) is 12.1 Å². The van der Waals surface area contributed by atoms with Crippen LogP contribution < -0.4 is 10.6 Å². The van der Waals surface area contributed by atoms with Crippen LogP contribution in [0.2, 0.25) is 0 Å². The molecular weight excluding hydrogens is 220 g/mol. The van der Waals surface area contributed by atoms with Crippen molar-refractivity contribution >= 4 is 11.8 Å². The van der Waals surface area contributed by atoms with Crippen molar-refractivity contribution in [1.29, 1.82) is 0 Å². The van der Waals surface area contributed by atoms with Gasteiger partial charge in [-0.25, -0.2) is 0 Å². The Labute approximate surface area is 99.4 Å². The van der Waals surface area contributed by atoms with E-state index in [0.717, 1.165) is 12.0 Å². The highest BCUT2D eigenvalue weighted by Crippen LogP contribution is 2.08. The molecular formula is C11H16N4O2. The number of rotatable bonds is 4. The molecule has 0 bridgehead atoms. The average molecular weight is 236 g/mol. The molecule has 2 amide bonds. The van der Waals surface area contributed by atoms with Gasteiger partial charge in [-0.3, -0.25) is 14.3 Å². The van der Waals surface area contributed by atoms with Gasteiger partial charge < -0.3 is 10.6 Å². The van der Waals surface area contributed by atoms with Crippen LogP contribution >= 0.6 is 0 Å². The van der Waals surface area contributed by atoms with Gasteiger partial charge in [0.15, 0.2) is 0 Å². The number of hydrogen-bond acceptors (Lipinski definition) is 3. The number of carbonyl (C=O) groups excluding carboxylic acids is 2. The fourth-order valence-electron chi connectivity index (χ4n) is 1.87. The first-order valence-corrected chi connectivity index (χ1v) is 5.67. The standard InChI is InChI=1S/C11H16N4O2/c1-15-7-8(5-14-15)2-3-12-11(17)9-4-10(16)13-6-9/h5,7,9H,2-4,6H2,1H3,(H,12,17)(H,13,16). The first-order chi connectivity index (χ1) is 8.15. The largest absolute Gasteiger partial charge is 0.355 e. The maximum atomic E-state index is 11.7. The minimum Gasteiger partial charge on any atom is -0.355 e. The fourth-order valence-corrected chi connectivity index (χ4v) is 1.87. The maximum Gasteiger partial charge on any atom is 0.225 e. The van der Waals surface area contributed by atoms with Crippen LogP contribution in [0.4, 0.5) is 0 Å². The van der Waals surface area contributed by atoms with Crippen LogP contribution in [0.5, 0.6) is 0 Å². The lowest BCUT2D eigenvalue weighted by Gasteiger charge is -2.08. The third kappa shape index (κ3) is 3.05. The summed E-state index contributed by atoms with van der Waals surface area (Å²) in [4.78, 5) is 22.6. The molecule has 1 atom stereocenters. The molecule has 0 spiro atoms. The summed E-state index contributed by atoms with van der Waals surface area (Å²) in [7, 11) is 1.86. The lowest BCUT2D eigenvalue weighted by molar-refractivity contribution is -0.126. The molecule has 0 radical (unpaired) electrons. The summed E-state index contributed by atoms with van der Waals surface area (Å²) in [6.07, 6.45) is 4.77. The highest BCUT2D eigenvalue weighted by atomic mass is 16.2. The van der Waals surface area contributed by atoms with E-state index in [2.05, 4.69) is 15.7 Å². The molecule has 0 aliphatic carbocycles. The number of nitrogens with zero attached hydrogens (tertiary/aromatic N) is 2. The van der Waals surface area contributed by atoms with Crippen LogP contribution in [0, 0.1) is 5.92 Å². The Balaban J connectivity index is 1.71. The van der Waals surface area contributed by atoms with Gasteiger partial charge in [0.2, 0.25) is 11.8 Å². The Morgan fingerprint density at radius 3 is 3.12 bits per heavy atom. The Morgan fingerprint density at radius 2 is 2.53 bits per heavy atom. The van der Waals surface area contributed by atoms with Crippen molar-refractivity contribution in [2.24, 2.45) is 13.0 Å². The predicted octanol–water partition coefficient (Wildman–Crippen LogP) is -0.785. The zero-order valence-corrected chi connectivity index (χ0v) is 9.77. The summed E-state index contributed by atoms with van der Waals surface area (Å²) in [5.74, 6) is -0.305. The van der Waals surface area contributed by atoms with Crippen molar-refractivity contribution in [2.45, 2.75) is 12.8 Å². The molecule has 6 heteroatoms. The van der Waals surface area contributed by atoms with Crippen molar-refractivity contribution in [3.8, 4) is 0 Å². The molecule has 1 saturated heterocycles. The third-order valence-electron chi connectivity index (χ3n) is 2.82. The number of carbonyl (C=O) groups is 2. The van der Waals surface area contributed by atoms with Crippen molar-refractivity contribution < 1.29 is 9.59 Å². The van der Waals surface area contributed by atoms with E-state index >= 15 is 0 Å². The quantitative estimate of drug-likeness (QED) is 0.719. The van der Waals surface area contributed by atoms with E-state index in [1.165, 1.54) is 0 Å². The van der Waals surface area contributed by atoms with Crippen LogP contribution in [0.3, 0.4) is 0 Å². The lowest BCUT2D eigenvalue weighted by Crippen LogP contribution is -2.33. The molecule has 1 unspecified atom stereocenters. The fraction of sp³-hybridized carbons (Fsp3) is 0.545. The molecule has 1 fully saturated rings. The molecule has 92 valence electrons. The predicted molar refractivity (Wildman–Crippen MR) is 61.0 cm³/mol. The van der Waals surface area contributed by atoms with Gasteiger partial charge in [-0.2, -0.15) is 5.10 Å². The summed E-state index contributed by atoms with van der Waals surface area (Å²) in [5.41, 5.74) is 1.09. The van der Waals surface area contributed by atoms with Gasteiger partial charge in [-0.15, -0.1) is 0 Å². The topological polar surface area (TPSA) is 76.0 Å². The molecule has 1 aromatic heterocycles. The van der Waals surface area contributed by atoms with E-state index in [1.54, 1.807) is 10.9 Å². The summed E-state index contributed by atoms with van der Waals surface area (Å²) in [6, 6.07) is 0. The van der Waals surface area contributed by atoms with Crippen LogP contribution in [-0.2, 0) is 23.1 Å². The van der Waals surface area contributed by atoms with E-state index in [4.69, 9.17) is 0 Å². The second kappa shape index (κ2) is 4.99. The molecule has 1 aliphatic rings. The van der Waals surface area contributed by atoms with Crippen molar-refractivity contribution in [1.82, 2.24) is 20.4 Å². The summed E-state index contributed by atoms with van der Waals surface area (Å²) in [6.45, 7) is 1.03. The van der Waals surface area contributed by atoms with E-state index in [0.29, 0.717) is 19.5 Å². The molecule has 2 N–H and O–H groups in total. The minimum absolute atomic E-state index is 0.0441. The normalized spacial score (nSPS) is 19.1. The third-order valence-corrected chi connectivity index (χ3v) is 2.82. The van der Waals surface area contributed by atoms with Gasteiger partial charge >= 0.3 is 0 Å². The number of aryl methyl sites for hydroxylation is 1.